The maximum Gasteiger partial charge on any atom is 0.407 e. The van der Waals surface area contributed by atoms with Gasteiger partial charge >= 0.3 is 6.09 Å². The highest BCUT2D eigenvalue weighted by Gasteiger charge is 2.40. The number of alkyl carbamates (subject to hydrolysis) is 1. The van der Waals surface area contributed by atoms with Crippen molar-refractivity contribution >= 4 is 12.0 Å². The number of benzene rings is 2. The Morgan fingerprint density at radius 1 is 1.11 bits per heavy atom. The number of piperidine rings is 1. The van der Waals surface area contributed by atoms with Gasteiger partial charge < -0.3 is 29.9 Å². The number of carbonyl (C=O) groups excluding carboxylic acids is 2. The van der Waals surface area contributed by atoms with Crippen LogP contribution < -0.4 is 15.4 Å². The van der Waals surface area contributed by atoms with Crippen LogP contribution in [0.5, 0.6) is 5.75 Å². The number of rotatable bonds is 6. The van der Waals surface area contributed by atoms with Crippen molar-refractivity contribution in [1.82, 2.24) is 15.5 Å². The summed E-state index contributed by atoms with van der Waals surface area (Å²) in [5.74, 6) is 0.488. The lowest BCUT2D eigenvalue weighted by molar-refractivity contribution is -0.0478. The summed E-state index contributed by atoms with van der Waals surface area (Å²) in [6.07, 6.45) is -1.22. The standard InChI is InChI=1S/C26H33N3O6/c1-26(2,3)35-25(33)27-13-16-7-9-17(10-8-16)15-34-21-6-4-5-18-19(21)14-29(24(18)32)20-11-12-22(30)28-23(20)31/h4-10,20,22-23,28,30-31H,11-15H2,1-3H3,(H,27,33). The Kier molecular flexibility index (Phi) is 7.30. The Balaban J connectivity index is 1.35. The highest BCUT2D eigenvalue weighted by atomic mass is 16.6. The van der Waals surface area contributed by atoms with Crippen LogP contribution in [0.4, 0.5) is 4.79 Å². The van der Waals surface area contributed by atoms with Gasteiger partial charge in [0.05, 0.1) is 12.6 Å². The van der Waals surface area contributed by atoms with E-state index < -0.39 is 30.2 Å². The van der Waals surface area contributed by atoms with Crippen LogP contribution in [-0.4, -0.2) is 51.2 Å². The number of fused-ring (bicyclic) bond motifs is 1. The summed E-state index contributed by atoms with van der Waals surface area (Å²) >= 11 is 0. The van der Waals surface area contributed by atoms with Crippen LogP contribution in [0.15, 0.2) is 42.5 Å². The Hall–Kier alpha value is -3.14. The first-order valence-electron chi connectivity index (χ1n) is 11.8. The van der Waals surface area contributed by atoms with Gasteiger partial charge in [0.15, 0.2) is 0 Å². The summed E-state index contributed by atoms with van der Waals surface area (Å²) in [4.78, 5) is 26.5. The van der Waals surface area contributed by atoms with Gasteiger partial charge in [-0.3, -0.25) is 10.1 Å². The van der Waals surface area contributed by atoms with Gasteiger partial charge in [-0.2, -0.15) is 0 Å². The molecular weight excluding hydrogens is 450 g/mol. The Morgan fingerprint density at radius 3 is 2.51 bits per heavy atom. The molecule has 0 saturated carbocycles. The van der Waals surface area contributed by atoms with Crippen molar-refractivity contribution in [2.75, 3.05) is 0 Å². The van der Waals surface area contributed by atoms with Gasteiger partial charge in [0.25, 0.3) is 5.91 Å². The molecule has 4 rings (SSSR count). The molecule has 0 bridgehead atoms. The minimum atomic E-state index is -0.982. The molecule has 0 aliphatic carbocycles. The first kappa shape index (κ1) is 25.0. The molecule has 2 amide bonds. The minimum absolute atomic E-state index is 0.144. The number of aliphatic hydroxyl groups excluding tert-OH is 2. The van der Waals surface area contributed by atoms with Crippen molar-refractivity contribution in [2.45, 2.75) is 77.4 Å². The highest BCUT2D eigenvalue weighted by molar-refractivity contribution is 5.99. The van der Waals surface area contributed by atoms with E-state index in [9.17, 15) is 19.8 Å². The fourth-order valence-electron chi connectivity index (χ4n) is 4.34. The molecule has 3 unspecified atom stereocenters. The largest absolute Gasteiger partial charge is 0.489 e. The van der Waals surface area contributed by atoms with Crippen LogP contribution in [0.2, 0.25) is 0 Å². The maximum atomic E-state index is 13.0. The molecule has 35 heavy (non-hydrogen) atoms. The molecular formula is C26H33N3O6. The normalized spacial score (nSPS) is 22.0. The molecule has 4 N–H and O–H groups in total. The van der Waals surface area contributed by atoms with Gasteiger partial charge in [-0.1, -0.05) is 30.3 Å². The van der Waals surface area contributed by atoms with Crippen molar-refractivity contribution < 1.29 is 29.3 Å². The fraction of sp³-hybridized carbons (Fsp3) is 0.462. The molecule has 0 radical (unpaired) electrons. The van der Waals surface area contributed by atoms with Crippen molar-refractivity contribution in [1.29, 1.82) is 0 Å². The van der Waals surface area contributed by atoms with E-state index in [0.29, 0.717) is 43.9 Å². The number of carbonyl (C=O) groups is 2. The molecule has 2 aromatic carbocycles. The van der Waals surface area contributed by atoms with Crippen LogP contribution in [0.1, 0.15) is 60.7 Å². The SMILES string of the molecule is CC(C)(C)OC(=O)NCc1ccc(COc2cccc3c2CN(C2CCC(O)NC2O)C3=O)cc1. The second kappa shape index (κ2) is 10.2. The van der Waals surface area contributed by atoms with E-state index in [1.54, 1.807) is 17.0 Å². The molecule has 0 spiro atoms. The van der Waals surface area contributed by atoms with Gasteiger partial charge in [-0.05, 0) is 56.9 Å². The van der Waals surface area contributed by atoms with Gasteiger partial charge in [0.1, 0.15) is 30.4 Å². The average Bonchev–Trinajstić information content (AvgIpc) is 3.13. The molecule has 2 aliphatic rings. The van der Waals surface area contributed by atoms with E-state index >= 15 is 0 Å². The number of ether oxygens (including phenoxy) is 2. The van der Waals surface area contributed by atoms with E-state index in [0.717, 1.165) is 16.7 Å². The van der Waals surface area contributed by atoms with Crippen molar-refractivity contribution in [2.24, 2.45) is 0 Å². The number of nitrogens with one attached hydrogen (secondary N) is 2. The third-order valence-electron chi connectivity index (χ3n) is 6.07. The summed E-state index contributed by atoms with van der Waals surface area (Å²) in [5, 5.41) is 25.5. The molecule has 9 heteroatoms. The monoisotopic (exact) mass is 483 g/mol. The Morgan fingerprint density at radius 2 is 1.83 bits per heavy atom. The maximum absolute atomic E-state index is 13.0. The van der Waals surface area contributed by atoms with Gasteiger partial charge in [0.2, 0.25) is 0 Å². The third-order valence-corrected chi connectivity index (χ3v) is 6.07. The van der Waals surface area contributed by atoms with Gasteiger partial charge in [-0.25, -0.2) is 4.79 Å². The number of hydrogen-bond acceptors (Lipinski definition) is 7. The van der Waals surface area contributed by atoms with E-state index in [1.165, 1.54) is 0 Å². The molecule has 2 aliphatic heterocycles. The predicted octanol–water partition coefficient (Wildman–Crippen LogP) is 2.63. The number of aliphatic hydroxyl groups is 2. The number of nitrogens with zero attached hydrogens (tertiary/aromatic N) is 1. The summed E-state index contributed by atoms with van der Waals surface area (Å²) < 4.78 is 11.3. The molecule has 1 saturated heterocycles. The van der Waals surface area contributed by atoms with Crippen molar-refractivity contribution in [3.63, 3.8) is 0 Å². The lowest BCUT2D eigenvalue weighted by Gasteiger charge is -2.37. The zero-order chi connectivity index (χ0) is 25.2. The number of amides is 2. The van der Waals surface area contributed by atoms with Crippen LogP contribution in [0, 0.1) is 0 Å². The fourth-order valence-corrected chi connectivity index (χ4v) is 4.34. The quantitative estimate of drug-likeness (QED) is 0.499. The molecule has 9 nitrogen and oxygen atoms in total. The first-order chi connectivity index (χ1) is 16.6. The summed E-state index contributed by atoms with van der Waals surface area (Å²) in [5.41, 5.74) is 2.72. The third kappa shape index (κ3) is 6.11. The van der Waals surface area contributed by atoms with E-state index in [4.69, 9.17) is 9.47 Å². The number of hydrogen-bond donors (Lipinski definition) is 4. The topological polar surface area (TPSA) is 120 Å². The Bertz CT molecular complexity index is 1070. The smallest absolute Gasteiger partial charge is 0.407 e. The Labute approximate surface area is 205 Å². The van der Waals surface area contributed by atoms with Crippen molar-refractivity contribution in [3.05, 3.63) is 64.7 Å². The molecule has 2 aromatic rings. The van der Waals surface area contributed by atoms with Crippen LogP contribution in [-0.2, 0) is 24.4 Å². The van der Waals surface area contributed by atoms with E-state index in [-0.39, 0.29) is 5.91 Å². The van der Waals surface area contributed by atoms with Crippen LogP contribution >= 0.6 is 0 Å². The molecule has 0 aromatic heterocycles. The molecule has 3 atom stereocenters. The molecule has 1 fully saturated rings. The average molecular weight is 484 g/mol. The minimum Gasteiger partial charge on any atom is -0.489 e. The van der Waals surface area contributed by atoms with Gasteiger partial charge in [0, 0.05) is 17.7 Å². The zero-order valence-electron chi connectivity index (χ0n) is 20.3. The lowest BCUT2D eigenvalue weighted by atomic mass is 10.0. The summed E-state index contributed by atoms with van der Waals surface area (Å²) in [6.45, 7) is 6.48. The second-order valence-electron chi connectivity index (χ2n) is 9.95. The first-order valence-corrected chi connectivity index (χ1v) is 11.8. The summed E-state index contributed by atoms with van der Waals surface area (Å²) in [7, 11) is 0. The predicted molar refractivity (Wildman–Crippen MR) is 128 cm³/mol. The zero-order valence-corrected chi connectivity index (χ0v) is 20.3. The van der Waals surface area contributed by atoms with E-state index in [2.05, 4.69) is 10.6 Å². The molecule has 188 valence electrons. The van der Waals surface area contributed by atoms with Gasteiger partial charge in [-0.15, -0.1) is 0 Å². The van der Waals surface area contributed by atoms with E-state index in [1.807, 2.05) is 51.1 Å². The summed E-state index contributed by atoms with van der Waals surface area (Å²) in [6, 6.07) is 12.7. The highest BCUT2D eigenvalue weighted by Crippen LogP contribution is 2.34. The lowest BCUT2D eigenvalue weighted by Crippen LogP contribution is -2.56. The van der Waals surface area contributed by atoms with Crippen LogP contribution in [0.3, 0.4) is 0 Å². The second-order valence-corrected chi connectivity index (χ2v) is 9.95. The van der Waals surface area contributed by atoms with Crippen molar-refractivity contribution in [3.8, 4) is 5.75 Å². The van der Waals surface area contributed by atoms with Crippen LogP contribution in [0.25, 0.3) is 0 Å². The molecule has 2 heterocycles.